The van der Waals surface area contributed by atoms with Gasteiger partial charge in [-0.3, -0.25) is 4.79 Å². The molecule has 0 aliphatic rings. The van der Waals surface area contributed by atoms with Gasteiger partial charge in [0.25, 0.3) is 0 Å². The van der Waals surface area contributed by atoms with Gasteiger partial charge in [-0.15, -0.1) is 0 Å². The van der Waals surface area contributed by atoms with Crippen LogP contribution in [0.5, 0.6) is 0 Å². The Morgan fingerprint density at radius 1 is 1.22 bits per heavy atom. The molecule has 0 spiro atoms. The van der Waals surface area contributed by atoms with Gasteiger partial charge in [0.1, 0.15) is 5.52 Å². The van der Waals surface area contributed by atoms with E-state index in [0.29, 0.717) is 5.89 Å². The third-order valence-corrected chi connectivity index (χ3v) is 3.84. The van der Waals surface area contributed by atoms with Crippen molar-refractivity contribution < 1.29 is 9.21 Å². The number of hydrogen-bond donors (Lipinski definition) is 1. The number of fused-ring (bicyclic) bond motifs is 1. The molecule has 0 radical (unpaired) electrons. The van der Waals surface area contributed by atoms with Crippen LogP contribution in [0, 0.1) is 5.92 Å². The Kier molecular flexibility index (Phi) is 4.42. The van der Waals surface area contributed by atoms with Crippen molar-refractivity contribution in [3.05, 3.63) is 48.5 Å². The fraction of sp³-hybridized carbons (Fsp3) is 0.263. The highest BCUT2D eigenvalue weighted by atomic mass is 16.3. The molecule has 1 amide bonds. The zero-order chi connectivity index (χ0) is 16.2. The van der Waals surface area contributed by atoms with Crippen LogP contribution in [0.25, 0.3) is 22.6 Å². The Morgan fingerprint density at radius 2 is 2.04 bits per heavy atom. The maximum absolute atomic E-state index is 12.1. The van der Waals surface area contributed by atoms with Crippen LogP contribution in [-0.4, -0.2) is 10.9 Å². The van der Waals surface area contributed by atoms with E-state index in [-0.39, 0.29) is 11.8 Å². The van der Waals surface area contributed by atoms with E-state index in [1.165, 1.54) is 0 Å². The lowest BCUT2D eigenvalue weighted by Gasteiger charge is -2.11. The number of carbonyl (C=O) groups is 1. The monoisotopic (exact) mass is 308 g/mol. The van der Waals surface area contributed by atoms with Crippen LogP contribution in [0.2, 0.25) is 0 Å². The number of anilines is 1. The topological polar surface area (TPSA) is 55.1 Å². The molecular formula is C19H20N2O2. The Labute approximate surface area is 135 Å². The molecule has 0 saturated heterocycles. The first kappa shape index (κ1) is 15.3. The zero-order valence-corrected chi connectivity index (χ0v) is 13.4. The Morgan fingerprint density at radius 3 is 2.83 bits per heavy atom. The Balaban J connectivity index is 1.83. The van der Waals surface area contributed by atoms with Crippen LogP contribution in [0.4, 0.5) is 5.69 Å². The van der Waals surface area contributed by atoms with Gasteiger partial charge in [-0.2, -0.15) is 0 Å². The van der Waals surface area contributed by atoms with Gasteiger partial charge in [-0.1, -0.05) is 38.5 Å². The molecule has 0 saturated carbocycles. The first-order valence-corrected chi connectivity index (χ1v) is 7.94. The highest BCUT2D eigenvalue weighted by Gasteiger charge is 2.13. The molecule has 4 heteroatoms. The first-order valence-electron chi connectivity index (χ1n) is 7.94. The third-order valence-electron chi connectivity index (χ3n) is 3.84. The number of aromatic nitrogens is 1. The molecule has 118 valence electrons. The summed E-state index contributed by atoms with van der Waals surface area (Å²) in [5, 5.41) is 2.96. The number of benzene rings is 2. The molecule has 23 heavy (non-hydrogen) atoms. The maximum Gasteiger partial charge on any atom is 0.227 e. The predicted molar refractivity (Wildman–Crippen MR) is 92.1 cm³/mol. The van der Waals surface area contributed by atoms with Crippen molar-refractivity contribution in [2.45, 2.75) is 26.7 Å². The molecule has 4 nitrogen and oxygen atoms in total. The summed E-state index contributed by atoms with van der Waals surface area (Å²) in [5.41, 5.74) is 3.20. The van der Waals surface area contributed by atoms with E-state index in [2.05, 4.69) is 17.2 Å². The van der Waals surface area contributed by atoms with E-state index >= 15 is 0 Å². The average molecular weight is 308 g/mol. The quantitative estimate of drug-likeness (QED) is 0.731. The molecule has 1 aromatic heterocycles. The minimum atomic E-state index is 0.00739. The molecule has 0 fully saturated rings. The zero-order valence-electron chi connectivity index (χ0n) is 13.4. The number of hydrogen-bond acceptors (Lipinski definition) is 3. The molecule has 1 N–H and O–H groups in total. The van der Waals surface area contributed by atoms with E-state index < -0.39 is 0 Å². The van der Waals surface area contributed by atoms with Gasteiger partial charge in [0, 0.05) is 17.2 Å². The molecule has 1 unspecified atom stereocenters. The molecule has 2 aromatic carbocycles. The largest absolute Gasteiger partial charge is 0.436 e. The van der Waals surface area contributed by atoms with Crippen LogP contribution < -0.4 is 5.32 Å². The molecule has 3 rings (SSSR count). The first-order chi connectivity index (χ1) is 11.2. The summed E-state index contributed by atoms with van der Waals surface area (Å²) in [7, 11) is 0. The number of nitrogens with zero attached hydrogens (tertiary/aromatic N) is 1. The Hall–Kier alpha value is -2.62. The van der Waals surface area contributed by atoms with Gasteiger partial charge < -0.3 is 9.73 Å². The van der Waals surface area contributed by atoms with Gasteiger partial charge >= 0.3 is 0 Å². The highest BCUT2D eigenvalue weighted by Crippen LogP contribution is 2.26. The summed E-state index contributed by atoms with van der Waals surface area (Å²) in [6.07, 6.45) is 1.88. The summed E-state index contributed by atoms with van der Waals surface area (Å²) in [6, 6.07) is 15.2. The SMILES string of the molecule is CCCC(C)C(=O)Nc1cccc(-c2nc3ccccc3o2)c1. The van der Waals surface area contributed by atoms with Crippen molar-refractivity contribution in [3.63, 3.8) is 0 Å². The number of nitrogens with one attached hydrogen (secondary N) is 1. The summed E-state index contributed by atoms with van der Waals surface area (Å²) >= 11 is 0. The van der Waals surface area contributed by atoms with E-state index in [1.54, 1.807) is 0 Å². The summed E-state index contributed by atoms with van der Waals surface area (Å²) in [5.74, 6) is 0.610. The van der Waals surface area contributed by atoms with Gasteiger partial charge in [-0.25, -0.2) is 4.98 Å². The summed E-state index contributed by atoms with van der Waals surface area (Å²) < 4.78 is 5.78. The minimum Gasteiger partial charge on any atom is -0.436 e. The lowest BCUT2D eigenvalue weighted by atomic mass is 10.1. The standard InChI is InChI=1S/C19H20N2O2/c1-3-7-13(2)18(22)20-15-9-6-8-14(12-15)19-21-16-10-4-5-11-17(16)23-19/h4-6,8-13H,3,7H2,1-2H3,(H,20,22). The lowest BCUT2D eigenvalue weighted by Crippen LogP contribution is -2.20. The fourth-order valence-corrected chi connectivity index (χ4v) is 2.56. The number of oxazole rings is 1. The fourth-order valence-electron chi connectivity index (χ4n) is 2.56. The van der Waals surface area contributed by atoms with Crippen LogP contribution >= 0.6 is 0 Å². The second-order valence-electron chi connectivity index (χ2n) is 5.75. The maximum atomic E-state index is 12.1. The van der Waals surface area contributed by atoms with Crippen LogP contribution in [0.1, 0.15) is 26.7 Å². The lowest BCUT2D eigenvalue weighted by molar-refractivity contribution is -0.119. The third kappa shape index (κ3) is 3.42. The molecule has 1 atom stereocenters. The predicted octanol–water partition coefficient (Wildman–Crippen LogP) is 4.87. The van der Waals surface area contributed by atoms with E-state index in [0.717, 1.165) is 35.2 Å². The van der Waals surface area contributed by atoms with Gasteiger partial charge in [0.2, 0.25) is 11.8 Å². The highest BCUT2D eigenvalue weighted by molar-refractivity contribution is 5.92. The van der Waals surface area contributed by atoms with Crippen LogP contribution in [0.3, 0.4) is 0 Å². The molecule has 0 aliphatic heterocycles. The molecular weight excluding hydrogens is 288 g/mol. The van der Waals surface area contributed by atoms with Crippen molar-refractivity contribution in [1.29, 1.82) is 0 Å². The number of carbonyl (C=O) groups excluding carboxylic acids is 1. The van der Waals surface area contributed by atoms with Crippen molar-refractivity contribution in [2.75, 3.05) is 5.32 Å². The van der Waals surface area contributed by atoms with Gasteiger partial charge in [0.15, 0.2) is 5.58 Å². The second kappa shape index (κ2) is 6.65. The normalized spacial score (nSPS) is 12.3. The summed E-state index contributed by atoms with van der Waals surface area (Å²) in [4.78, 5) is 16.6. The average Bonchev–Trinajstić information content (AvgIpc) is 2.99. The second-order valence-corrected chi connectivity index (χ2v) is 5.75. The Bertz CT molecular complexity index is 790. The van der Waals surface area contributed by atoms with E-state index in [1.807, 2.05) is 55.5 Å². The smallest absolute Gasteiger partial charge is 0.227 e. The van der Waals surface area contributed by atoms with Crippen LogP contribution in [-0.2, 0) is 4.79 Å². The van der Waals surface area contributed by atoms with Crippen LogP contribution in [0.15, 0.2) is 52.9 Å². The molecule has 1 heterocycles. The number of para-hydroxylation sites is 2. The van der Waals surface area contributed by atoms with Crippen molar-refractivity contribution in [2.24, 2.45) is 5.92 Å². The number of rotatable bonds is 5. The van der Waals surface area contributed by atoms with E-state index in [4.69, 9.17) is 4.42 Å². The molecule has 0 aliphatic carbocycles. The van der Waals surface area contributed by atoms with Crippen molar-refractivity contribution in [3.8, 4) is 11.5 Å². The van der Waals surface area contributed by atoms with Crippen molar-refractivity contribution in [1.82, 2.24) is 4.98 Å². The summed E-state index contributed by atoms with van der Waals surface area (Å²) in [6.45, 7) is 4.03. The van der Waals surface area contributed by atoms with Crippen molar-refractivity contribution >= 4 is 22.7 Å². The minimum absolute atomic E-state index is 0.00739. The molecule has 3 aromatic rings. The van der Waals surface area contributed by atoms with Gasteiger partial charge in [-0.05, 0) is 36.8 Å². The number of amides is 1. The molecule has 0 bridgehead atoms. The van der Waals surface area contributed by atoms with Gasteiger partial charge in [0.05, 0.1) is 0 Å². The van der Waals surface area contributed by atoms with E-state index in [9.17, 15) is 4.79 Å².